The van der Waals surface area contributed by atoms with Gasteiger partial charge in [-0.2, -0.15) is 0 Å². The van der Waals surface area contributed by atoms with Crippen molar-refractivity contribution in [1.29, 1.82) is 0 Å². The van der Waals surface area contributed by atoms with E-state index in [4.69, 9.17) is 4.74 Å². The van der Waals surface area contributed by atoms with Gasteiger partial charge in [0.1, 0.15) is 11.4 Å². The summed E-state index contributed by atoms with van der Waals surface area (Å²) in [6.45, 7) is 7.88. The van der Waals surface area contributed by atoms with Crippen LogP contribution in [0, 0.1) is 13.8 Å². The predicted octanol–water partition coefficient (Wildman–Crippen LogP) is 4.21. The molecule has 3 rings (SSSR count). The van der Waals surface area contributed by atoms with E-state index in [1.807, 2.05) is 45.9 Å². The molecule has 1 aliphatic rings. The van der Waals surface area contributed by atoms with Gasteiger partial charge in [0.25, 0.3) is 10.0 Å². The second-order valence-corrected chi connectivity index (χ2v) is 8.69. The second-order valence-electron chi connectivity index (χ2n) is 7.00. The van der Waals surface area contributed by atoms with Crippen LogP contribution in [0.5, 0.6) is 5.75 Å². The quantitative estimate of drug-likeness (QED) is 0.907. The summed E-state index contributed by atoms with van der Waals surface area (Å²) in [6, 6.07) is 10.8. The lowest BCUT2D eigenvalue weighted by Crippen LogP contribution is -2.32. The molecule has 1 aliphatic heterocycles. The molecule has 0 unspecified atom stereocenters. The van der Waals surface area contributed by atoms with Gasteiger partial charge in [-0.15, -0.1) is 0 Å². The molecule has 0 fully saturated rings. The first-order valence-electron chi connectivity index (χ1n) is 8.09. The Kier molecular flexibility index (Phi) is 4.08. The van der Waals surface area contributed by atoms with Crippen molar-refractivity contribution in [3.05, 3.63) is 53.1 Å². The summed E-state index contributed by atoms with van der Waals surface area (Å²) in [5.41, 5.74) is 3.19. The van der Waals surface area contributed by atoms with Gasteiger partial charge in [0.2, 0.25) is 0 Å². The standard InChI is InChI=1S/C19H23NO3S/c1-13-6-5-7-14(2)18(13)20-24(21,22)16-8-9-17-15(12-16)10-11-19(3,4)23-17/h5-9,12,20H,10-11H2,1-4H3. The first-order valence-corrected chi connectivity index (χ1v) is 9.57. The van der Waals surface area contributed by atoms with Crippen LogP contribution in [-0.2, 0) is 16.4 Å². The SMILES string of the molecule is Cc1cccc(C)c1NS(=O)(=O)c1ccc2c(c1)CCC(C)(C)O2. The van der Waals surface area contributed by atoms with E-state index in [1.165, 1.54) is 0 Å². The molecule has 0 spiro atoms. The lowest BCUT2D eigenvalue weighted by atomic mass is 9.94. The summed E-state index contributed by atoms with van der Waals surface area (Å²) in [5, 5.41) is 0. The fourth-order valence-electron chi connectivity index (χ4n) is 2.97. The maximum absolute atomic E-state index is 12.8. The van der Waals surface area contributed by atoms with E-state index in [0.29, 0.717) is 5.69 Å². The summed E-state index contributed by atoms with van der Waals surface area (Å²) in [4.78, 5) is 0.271. The van der Waals surface area contributed by atoms with Crippen molar-refractivity contribution in [1.82, 2.24) is 0 Å². The predicted molar refractivity (Wildman–Crippen MR) is 96.2 cm³/mol. The lowest BCUT2D eigenvalue weighted by molar-refractivity contribution is 0.0845. The third-order valence-corrected chi connectivity index (χ3v) is 5.79. The Morgan fingerprint density at radius 2 is 1.75 bits per heavy atom. The van der Waals surface area contributed by atoms with E-state index in [0.717, 1.165) is 35.3 Å². The van der Waals surface area contributed by atoms with Gasteiger partial charge < -0.3 is 4.74 Å². The van der Waals surface area contributed by atoms with Gasteiger partial charge in [0.15, 0.2) is 0 Å². The Bertz CT molecular complexity index is 865. The monoisotopic (exact) mass is 345 g/mol. The van der Waals surface area contributed by atoms with Crippen LogP contribution < -0.4 is 9.46 Å². The third kappa shape index (κ3) is 3.26. The van der Waals surface area contributed by atoms with Crippen molar-refractivity contribution in [3.63, 3.8) is 0 Å². The number of hydrogen-bond donors (Lipinski definition) is 1. The molecular formula is C19H23NO3S. The van der Waals surface area contributed by atoms with E-state index < -0.39 is 10.0 Å². The van der Waals surface area contributed by atoms with Crippen LogP contribution in [0.4, 0.5) is 5.69 Å². The molecule has 1 N–H and O–H groups in total. The topological polar surface area (TPSA) is 55.4 Å². The minimum atomic E-state index is -3.63. The molecule has 0 radical (unpaired) electrons. The average Bonchev–Trinajstić information content (AvgIpc) is 2.50. The zero-order valence-corrected chi connectivity index (χ0v) is 15.3. The van der Waals surface area contributed by atoms with Crippen molar-refractivity contribution in [3.8, 4) is 5.75 Å². The molecule has 0 bridgehead atoms. The van der Waals surface area contributed by atoms with Crippen molar-refractivity contribution in [2.75, 3.05) is 4.72 Å². The number of aryl methyl sites for hydroxylation is 3. The summed E-state index contributed by atoms with van der Waals surface area (Å²) in [5.74, 6) is 0.775. The zero-order valence-electron chi connectivity index (χ0n) is 14.5. The summed E-state index contributed by atoms with van der Waals surface area (Å²) in [7, 11) is -3.63. The summed E-state index contributed by atoms with van der Waals surface area (Å²) in [6.07, 6.45) is 1.68. The molecule has 1 heterocycles. The maximum Gasteiger partial charge on any atom is 0.261 e. The molecule has 0 saturated heterocycles. The van der Waals surface area contributed by atoms with Crippen LogP contribution in [0.2, 0.25) is 0 Å². The van der Waals surface area contributed by atoms with Crippen LogP contribution in [0.1, 0.15) is 37.0 Å². The Balaban J connectivity index is 1.94. The van der Waals surface area contributed by atoms with Gasteiger partial charge in [0, 0.05) is 0 Å². The van der Waals surface area contributed by atoms with Crippen molar-refractivity contribution < 1.29 is 13.2 Å². The van der Waals surface area contributed by atoms with Gasteiger partial charge in [0.05, 0.1) is 10.6 Å². The van der Waals surface area contributed by atoms with Gasteiger partial charge in [-0.1, -0.05) is 18.2 Å². The summed E-state index contributed by atoms with van der Waals surface area (Å²) >= 11 is 0. The van der Waals surface area contributed by atoms with E-state index in [9.17, 15) is 8.42 Å². The number of benzene rings is 2. The Morgan fingerprint density at radius 3 is 2.42 bits per heavy atom. The molecule has 24 heavy (non-hydrogen) atoms. The number of rotatable bonds is 3. The number of ether oxygens (including phenoxy) is 1. The fraction of sp³-hybridized carbons (Fsp3) is 0.368. The molecule has 4 nitrogen and oxygen atoms in total. The van der Waals surface area contributed by atoms with Crippen LogP contribution in [0.15, 0.2) is 41.3 Å². The van der Waals surface area contributed by atoms with Crippen molar-refractivity contribution >= 4 is 15.7 Å². The molecular weight excluding hydrogens is 322 g/mol. The normalized spacial score (nSPS) is 16.2. The number of para-hydroxylation sites is 1. The first-order chi connectivity index (χ1) is 11.2. The number of fused-ring (bicyclic) bond motifs is 1. The van der Waals surface area contributed by atoms with Gasteiger partial charge in [-0.3, -0.25) is 4.72 Å². The van der Waals surface area contributed by atoms with E-state index in [-0.39, 0.29) is 10.5 Å². The zero-order chi connectivity index (χ0) is 17.5. The third-order valence-electron chi connectivity index (χ3n) is 4.44. The van der Waals surface area contributed by atoms with Gasteiger partial charge >= 0.3 is 0 Å². The first kappa shape index (κ1) is 16.8. The molecule has 2 aromatic carbocycles. The van der Waals surface area contributed by atoms with E-state index in [2.05, 4.69) is 4.72 Å². The van der Waals surface area contributed by atoms with E-state index in [1.54, 1.807) is 18.2 Å². The van der Waals surface area contributed by atoms with Crippen LogP contribution in [-0.4, -0.2) is 14.0 Å². The Labute approximate surface area is 143 Å². The fourth-order valence-corrected chi connectivity index (χ4v) is 4.22. The average molecular weight is 345 g/mol. The minimum absolute atomic E-state index is 0.204. The molecule has 128 valence electrons. The molecule has 5 heteroatoms. The smallest absolute Gasteiger partial charge is 0.261 e. The number of hydrogen-bond acceptors (Lipinski definition) is 3. The van der Waals surface area contributed by atoms with E-state index >= 15 is 0 Å². The minimum Gasteiger partial charge on any atom is -0.488 e. The van der Waals surface area contributed by atoms with Gasteiger partial charge in [-0.05, 0) is 75.4 Å². The van der Waals surface area contributed by atoms with Crippen LogP contribution in [0.3, 0.4) is 0 Å². The molecule has 0 atom stereocenters. The highest BCUT2D eigenvalue weighted by Crippen LogP contribution is 2.34. The second kappa shape index (κ2) is 5.81. The van der Waals surface area contributed by atoms with Crippen molar-refractivity contribution in [2.45, 2.75) is 51.0 Å². The van der Waals surface area contributed by atoms with Crippen LogP contribution >= 0.6 is 0 Å². The molecule has 0 aliphatic carbocycles. The highest BCUT2D eigenvalue weighted by molar-refractivity contribution is 7.92. The highest BCUT2D eigenvalue weighted by atomic mass is 32.2. The number of sulfonamides is 1. The Hall–Kier alpha value is -2.01. The number of anilines is 1. The summed E-state index contributed by atoms with van der Waals surface area (Å²) < 4.78 is 34.2. The number of nitrogens with one attached hydrogen (secondary N) is 1. The molecule has 0 aromatic heterocycles. The molecule has 2 aromatic rings. The lowest BCUT2D eigenvalue weighted by Gasteiger charge is -2.32. The largest absolute Gasteiger partial charge is 0.488 e. The highest BCUT2D eigenvalue weighted by Gasteiger charge is 2.28. The molecule has 0 amide bonds. The van der Waals surface area contributed by atoms with Crippen LogP contribution in [0.25, 0.3) is 0 Å². The maximum atomic E-state index is 12.8. The van der Waals surface area contributed by atoms with Gasteiger partial charge in [-0.25, -0.2) is 8.42 Å². The Morgan fingerprint density at radius 1 is 1.08 bits per heavy atom. The van der Waals surface area contributed by atoms with Crippen molar-refractivity contribution in [2.24, 2.45) is 0 Å². The molecule has 0 saturated carbocycles.